The molecule has 122 valence electrons. The molecule has 2 N–H and O–H groups in total. The molecule has 0 aliphatic heterocycles. The van der Waals surface area contributed by atoms with E-state index in [0.29, 0.717) is 24.2 Å². The molecule has 6 heteroatoms. The lowest BCUT2D eigenvalue weighted by atomic mass is 10.1. The first-order valence-corrected chi connectivity index (χ1v) is 9.71. The van der Waals surface area contributed by atoms with Crippen LogP contribution in [0.5, 0.6) is 0 Å². The van der Waals surface area contributed by atoms with Crippen molar-refractivity contribution in [3.63, 3.8) is 0 Å². The number of nitrogens with one attached hydrogen (secondary N) is 2. The largest absolute Gasteiger partial charge is 0.352 e. The lowest BCUT2D eigenvalue weighted by molar-refractivity contribution is 0.0952. The number of hydrogen-bond acceptors (Lipinski definition) is 2. The second-order valence-corrected chi connectivity index (χ2v) is 6.47. The summed E-state index contributed by atoms with van der Waals surface area (Å²) < 4.78 is 0. The molecule has 0 heterocycles. The van der Waals surface area contributed by atoms with E-state index in [4.69, 9.17) is 0 Å². The molecular formula is C16H22Br2N2O2. The van der Waals surface area contributed by atoms with E-state index < -0.39 is 0 Å². The SMILES string of the molecule is O=C(NCCCCBr)c1cccc(C(=O)NCCCCBr)c1. The van der Waals surface area contributed by atoms with Crippen molar-refractivity contribution in [3.05, 3.63) is 35.4 Å². The minimum atomic E-state index is -0.136. The zero-order valence-corrected chi connectivity index (χ0v) is 15.7. The third-order valence-electron chi connectivity index (χ3n) is 3.08. The van der Waals surface area contributed by atoms with E-state index in [1.807, 2.05) is 0 Å². The highest BCUT2D eigenvalue weighted by Gasteiger charge is 2.09. The third-order valence-corrected chi connectivity index (χ3v) is 4.20. The normalized spacial score (nSPS) is 10.3. The number of unbranched alkanes of at least 4 members (excludes halogenated alkanes) is 2. The lowest BCUT2D eigenvalue weighted by Gasteiger charge is -2.07. The number of halogens is 2. The van der Waals surface area contributed by atoms with Crippen LogP contribution in [0.2, 0.25) is 0 Å². The van der Waals surface area contributed by atoms with Gasteiger partial charge in [0.25, 0.3) is 11.8 Å². The minimum Gasteiger partial charge on any atom is -0.352 e. The van der Waals surface area contributed by atoms with E-state index in [1.54, 1.807) is 24.3 Å². The number of carbonyl (C=O) groups is 2. The number of amides is 2. The molecule has 0 saturated carbocycles. The molecule has 2 amide bonds. The van der Waals surface area contributed by atoms with Crippen LogP contribution in [0, 0.1) is 0 Å². The zero-order chi connectivity index (χ0) is 16.2. The second-order valence-electron chi connectivity index (χ2n) is 4.88. The Morgan fingerprint density at radius 2 is 1.27 bits per heavy atom. The summed E-state index contributed by atoms with van der Waals surface area (Å²) in [4.78, 5) is 24.0. The average Bonchev–Trinajstić information content (AvgIpc) is 2.55. The highest BCUT2D eigenvalue weighted by molar-refractivity contribution is 9.09. The second kappa shape index (κ2) is 11.7. The lowest BCUT2D eigenvalue weighted by Crippen LogP contribution is -2.27. The van der Waals surface area contributed by atoms with Gasteiger partial charge in [0, 0.05) is 34.9 Å². The van der Waals surface area contributed by atoms with Crippen LogP contribution in [-0.2, 0) is 0 Å². The fourth-order valence-electron chi connectivity index (χ4n) is 1.85. The van der Waals surface area contributed by atoms with Gasteiger partial charge in [0.2, 0.25) is 0 Å². The Hall–Kier alpha value is -0.880. The topological polar surface area (TPSA) is 58.2 Å². The van der Waals surface area contributed by atoms with E-state index in [1.165, 1.54) is 0 Å². The van der Waals surface area contributed by atoms with Crippen molar-refractivity contribution in [3.8, 4) is 0 Å². The van der Waals surface area contributed by atoms with Gasteiger partial charge in [-0.15, -0.1) is 0 Å². The molecule has 0 saturated heterocycles. The Bertz CT molecular complexity index is 442. The van der Waals surface area contributed by atoms with Crippen LogP contribution < -0.4 is 10.6 Å². The van der Waals surface area contributed by atoms with Crippen LogP contribution in [0.25, 0.3) is 0 Å². The van der Waals surface area contributed by atoms with Crippen molar-refractivity contribution in [1.82, 2.24) is 10.6 Å². The van der Waals surface area contributed by atoms with Gasteiger partial charge in [-0.25, -0.2) is 0 Å². The first kappa shape index (κ1) is 19.2. The molecule has 0 fully saturated rings. The molecule has 0 aliphatic rings. The number of alkyl halides is 2. The number of hydrogen-bond donors (Lipinski definition) is 2. The summed E-state index contributed by atoms with van der Waals surface area (Å²) in [6.45, 7) is 1.29. The molecule has 0 bridgehead atoms. The summed E-state index contributed by atoms with van der Waals surface area (Å²) in [5.41, 5.74) is 1.04. The predicted molar refractivity (Wildman–Crippen MR) is 97.2 cm³/mol. The molecule has 0 spiro atoms. The summed E-state index contributed by atoms with van der Waals surface area (Å²) in [5, 5.41) is 7.60. The van der Waals surface area contributed by atoms with E-state index in [-0.39, 0.29) is 11.8 Å². The van der Waals surface area contributed by atoms with E-state index in [0.717, 1.165) is 36.3 Å². The number of rotatable bonds is 10. The summed E-state index contributed by atoms with van der Waals surface area (Å²) >= 11 is 6.72. The maximum atomic E-state index is 12.0. The van der Waals surface area contributed by atoms with Gasteiger partial charge in [-0.3, -0.25) is 9.59 Å². The first-order chi connectivity index (χ1) is 10.7. The Kier molecular flexibility index (Phi) is 10.2. The maximum Gasteiger partial charge on any atom is 0.251 e. The predicted octanol–water partition coefficient (Wildman–Crippen LogP) is 3.50. The molecule has 0 atom stereocenters. The molecule has 0 unspecified atom stereocenters. The number of benzene rings is 1. The van der Waals surface area contributed by atoms with Crippen LogP contribution in [0.1, 0.15) is 46.4 Å². The highest BCUT2D eigenvalue weighted by atomic mass is 79.9. The van der Waals surface area contributed by atoms with Crippen molar-refractivity contribution in [2.45, 2.75) is 25.7 Å². The summed E-state index contributed by atoms with van der Waals surface area (Å²) in [6.07, 6.45) is 3.92. The molecule has 22 heavy (non-hydrogen) atoms. The van der Waals surface area contributed by atoms with Gasteiger partial charge in [0.15, 0.2) is 0 Å². The molecule has 0 aliphatic carbocycles. The van der Waals surface area contributed by atoms with Gasteiger partial charge in [0.1, 0.15) is 0 Å². The van der Waals surface area contributed by atoms with Crippen LogP contribution in [-0.4, -0.2) is 35.6 Å². The first-order valence-electron chi connectivity index (χ1n) is 7.47. The van der Waals surface area contributed by atoms with Crippen molar-refractivity contribution < 1.29 is 9.59 Å². The molecule has 0 radical (unpaired) electrons. The van der Waals surface area contributed by atoms with Crippen LogP contribution in [0.4, 0.5) is 0 Å². The molecule has 1 aromatic carbocycles. The monoisotopic (exact) mass is 432 g/mol. The maximum absolute atomic E-state index is 12.0. The third kappa shape index (κ3) is 7.40. The highest BCUT2D eigenvalue weighted by Crippen LogP contribution is 2.06. The minimum absolute atomic E-state index is 0.136. The Balaban J connectivity index is 2.50. The van der Waals surface area contributed by atoms with Gasteiger partial charge in [-0.1, -0.05) is 37.9 Å². The van der Waals surface area contributed by atoms with E-state index >= 15 is 0 Å². The van der Waals surface area contributed by atoms with E-state index in [9.17, 15) is 9.59 Å². The fourth-order valence-corrected chi connectivity index (χ4v) is 2.64. The summed E-state index contributed by atoms with van der Waals surface area (Å²) in [5.74, 6) is -0.271. The Morgan fingerprint density at radius 1 is 0.818 bits per heavy atom. The van der Waals surface area contributed by atoms with Gasteiger partial charge in [-0.05, 0) is 43.9 Å². The quantitative estimate of drug-likeness (QED) is 0.438. The van der Waals surface area contributed by atoms with Crippen LogP contribution >= 0.6 is 31.9 Å². The smallest absolute Gasteiger partial charge is 0.251 e. The summed E-state index contributed by atoms with van der Waals surface area (Å²) in [6, 6.07) is 6.82. The number of carbonyl (C=O) groups excluding carboxylic acids is 2. The molecule has 0 aromatic heterocycles. The average molecular weight is 434 g/mol. The molecule has 4 nitrogen and oxygen atoms in total. The van der Waals surface area contributed by atoms with Gasteiger partial charge < -0.3 is 10.6 Å². The van der Waals surface area contributed by atoms with Crippen molar-refractivity contribution >= 4 is 43.7 Å². The van der Waals surface area contributed by atoms with Gasteiger partial charge in [-0.2, -0.15) is 0 Å². The van der Waals surface area contributed by atoms with Crippen molar-refractivity contribution in [2.24, 2.45) is 0 Å². The summed E-state index contributed by atoms with van der Waals surface area (Å²) in [7, 11) is 0. The van der Waals surface area contributed by atoms with Gasteiger partial charge >= 0.3 is 0 Å². The molecule has 1 rings (SSSR count). The van der Waals surface area contributed by atoms with Gasteiger partial charge in [0.05, 0.1) is 0 Å². The standard InChI is InChI=1S/C16H22Br2N2O2/c17-8-1-3-10-19-15(21)13-6-5-7-14(12-13)16(22)20-11-4-2-9-18/h5-7,12H,1-4,8-11H2,(H,19,21)(H,20,22). The van der Waals surface area contributed by atoms with Crippen molar-refractivity contribution in [1.29, 1.82) is 0 Å². The van der Waals surface area contributed by atoms with Crippen LogP contribution in [0.3, 0.4) is 0 Å². The fraction of sp³-hybridized carbons (Fsp3) is 0.500. The molecule has 1 aromatic rings. The Labute approximate surface area is 148 Å². The van der Waals surface area contributed by atoms with E-state index in [2.05, 4.69) is 42.5 Å². The molecular weight excluding hydrogens is 412 g/mol. The van der Waals surface area contributed by atoms with Crippen LogP contribution in [0.15, 0.2) is 24.3 Å². The Morgan fingerprint density at radius 3 is 1.68 bits per heavy atom. The zero-order valence-electron chi connectivity index (χ0n) is 12.5. The van der Waals surface area contributed by atoms with Crippen molar-refractivity contribution in [2.75, 3.05) is 23.7 Å².